The fraction of sp³-hybridized carbons (Fsp3) is 1.00. The van der Waals surface area contributed by atoms with Crippen molar-refractivity contribution in [3.05, 3.63) is 0 Å². The number of rotatable bonds is 5. The molecule has 64 valence electrons. The molecule has 0 saturated heterocycles. The summed E-state index contributed by atoms with van der Waals surface area (Å²) in [6.07, 6.45) is 1.12. The van der Waals surface area contributed by atoms with Gasteiger partial charge >= 0.3 is 0 Å². The fourth-order valence-corrected chi connectivity index (χ4v) is 0.494. The molecule has 0 aromatic rings. The molecule has 3 N–H and O–H groups in total. The average molecular weight is 148 g/mol. The molecule has 3 heteroatoms. The SMILES string of the molecule is CCCOCCN(C)C.N. The Balaban J connectivity index is 0. The minimum atomic E-state index is 0. The van der Waals surface area contributed by atoms with E-state index in [9.17, 15) is 0 Å². The van der Waals surface area contributed by atoms with E-state index in [4.69, 9.17) is 4.74 Å². The summed E-state index contributed by atoms with van der Waals surface area (Å²) in [6, 6.07) is 0. The molecule has 3 nitrogen and oxygen atoms in total. The number of likely N-dealkylation sites (N-methyl/N-ethyl adjacent to an activating group) is 1. The third-order valence-corrected chi connectivity index (χ3v) is 1.03. The summed E-state index contributed by atoms with van der Waals surface area (Å²) in [6.45, 7) is 4.91. The van der Waals surface area contributed by atoms with Gasteiger partial charge in [0, 0.05) is 13.2 Å². The molecule has 0 atom stereocenters. The molecular formula is C7H20N2O. The molecule has 0 radical (unpaired) electrons. The van der Waals surface area contributed by atoms with E-state index in [1.165, 1.54) is 0 Å². The van der Waals surface area contributed by atoms with Crippen LogP contribution in [-0.2, 0) is 4.74 Å². The van der Waals surface area contributed by atoms with Gasteiger partial charge in [-0.2, -0.15) is 0 Å². The Labute approximate surface area is 63.9 Å². The van der Waals surface area contributed by atoms with Crippen molar-refractivity contribution >= 4 is 0 Å². The summed E-state index contributed by atoms with van der Waals surface area (Å²) in [5, 5.41) is 0. The number of hydrogen-bond acceptors (Lipinski definition) is 3. The van der Waals surface area contributed by atoms with Crippen LogP contribution >= 0.6 is 0 Å². The predicted octanol–water partition coefficient (Wildman–Crippen LogP) is 1.14. The van der Waals surface area contributed by atoms with Gasteiger partial charge in [-0.25, -0.2) is 0 Å². The van der Waals surface area contributed by atoms with Gasteiger partial charge < -0.3 is 15.8 Å². The second-order valence-corrected chi connectivity index (χ2v) is 2.42. The Bertz CT molecular complexity index is 57.6. The molecule has 0 aromatic carbocycles. The summed E-state index contributed by atoms with van der Waals surface area (Å²) in [5.74, 6) is 0. The molecule has 0 saturated carbocycles. The quantitative estimate of drug-likeness (QED) is 0.595. The molecule has 0 fully saturated rings. The fourth-order valence-electron chi connectivity index (χ4n) is 0.494. The van der Waals surface area contributed by atoms with Gasteiger partial charge in [-0.15, -0.1) is 0 Å². The lowest BCUT2D eigenvalue weighted by atomic mass is 10.5. The zero-order valence-corrected chi connectivity index (χ0v) is 7.39. The highest BCUT2D eigenvalue weighted by atomic mass is 16.5. The van der Waals surface area contributed by atoms with E-state index in [0.717, 1.165) is 26.2 Å². The van der Waals surface area contributed by atoms with Crippen molar-refractivity contribution in [3.8, 4) is 0 Å². The van der Waals surface area contributed by atoms with Crippen molar-refractivity contribution in [2.75, 3.05) is 33.9 Å². The molecule has 0 bridgehead atoms. The van der Waals surface area contributed by atoms with Crippen LogP contribution in [0.1, 0.15) is 13.3 Å². The molecular weight excluding hydrogens is 128 g/mol. The van der Waals surface area contributed by atoms with Crippen LogP contribution in [0.3, 0.4) is 0 Å². The Morgan fingerprint density at radius 3 is 2.20 bits per heavy atom. The Morgan fingerprint density at radius 1 is 1.20 bits per heavy atom. The van der Waals surface area contributed by atoms with Crippen molar-refractivity contribution in [3.63, 3.8) is 0 Å². The van der Waals surface area contributed by atoms with Crippen molar-refractivity contribution in [1.29, 1.82) is 0 Å². The average Bonchev–Trinajstić information content (AvgIpc) is 1.80. The van der Waals surface area contributed by atoms with E-state index < -0.39 is 0 Å². The highest BCUT2D eigenvalue weighted by Gasteiger charge is 1.87. The van der Waals surface area contributed by atoms with Gasteiger partial charge in [0.2, 0.25) is 0 Å². The monoisotopic (exact) mass is 148 g/mol. The molecule has 0 unspecified atom stereocenters. The lowest BCUT2D eigenvalue weighted by molar-refractivity contribution is 0.118. The topological polar surface area (TPSA) is 47.5 Å². The van der Waals surface area contributed by atoms with Crippen molar-refractivity contribution in [2.24, 2.45) is 0 Å². The molecule has 0 aliphatic rings. The first-order valence-corrected chi connectivity index (χ1v) is 3.50. The van der Waals surface area contributed by atoms with Gasteiger partial charge in [-0.3, -0.25) is 0 Å². The van der Waals surface area contributed by atoms with E-state index >= 15 is 0 Å². The summed E-state index contributed by atoms with van der Waals surface area (Å²) in [4.78, 5) is 2.12. The van der Waals surface area contributed by atoms with Gasteiger partial charge in [-0.05, 0) is 20.5 Å². The summed E-state index contributed by atoms with van der Waals surface area (Å²) in [5.41, 5.74) is 0. The first-order chi connectivity index (χ1) is 4.27. The number of hydrogen-bond donors (Lipinski definition) is 1. The van der Waals surface area contributed by atoms with Gasteiger partial charge in [0.15, 0.2) is 0 Å². The van der Waals surface area contributed by atoms with Crippen LogP contribution in [0.15, 0.2) is 0 Å². The molecule has 0 aliphatic carbocycles. The predicted molar refractivity (Wildman–Crippen MR) is 44.7 cm³/mol. The molecule has 0 rings (SSSR count). The minimum absolute atomic E-state index is 0. The van der Waals surface area contributed by atoms with E-state index in [1.54, 1.807) is 0 Å². The van der Waals surface area contributed by atoms with Crippen molar-refractivity contribution in [2.45, 2.75) is 13.3 Å². The van der Waals surface area contributed by atoms with Crippen molar-refractivity contribution < 1.29 is 4.74 Å². The van der Waals surface area contributed by atoms with E-state index in [-0.39, 0.29) is 6.15 Å². The van der Waals surface area contributed by atoms with Crippen LogP contribution in [0.25, 0.3) is 0 Å². The summed E-state index contributed by atoms with van der Waals surface area (Å²) >= 11 is 0. The molecule has 0 aliphatic heterocycles. The van der Waals surface area contributed by atoms with Crippen LogP contribution in [-0.4, -0.2) is 38.8 Å². The highest BCUT2D eigenvalue weighted by molar-refractivity contribution is 4.38. The van der Waals surface area contributed by atoms with Gasteiger partial charge in [0.1, 0.15) is 0 Å². The minimum Gasteiger partial charge on any atom is -0.380 e. The highest BCUT2D eigenvalue weighted by Crippen LogP contribution is 1.80. The van der Waals surface area contributed by atoms with Crippen molar-refractivity contribution in [1.82, 2.24) is 11.1 Å². The van der Waals surface area contributed by atoms with Crippen LogP contribution in [0.2, 0.25) is 0 Å². The maximum Gasteiger partial charge on any atom is 0.0593 e. The molecule has 0 amide bonds. The van der Waals surface area contributed by atoms with Crippen LogP contribution in [0.4, 0.5) is 0 Å². The number of ether oxygens (including phenoxy) is 1. The molecule has 10 heavy (non-hydrogen) atoms. The molecule has 0 spiro atoms. The van der Waals surface area contributed by atoms with Crippen LogP contribution in [0, 0.1) is 0 Å². The van der Waals surface area contributed by atoms with Gasteiger partial charge in [0.25, 0.3) is 0 Å². The maximum atomic E-state index is 5.25. The molecule has 0 heterocycles. The summed E-state index contributed by atoms with van der Waals surface area (Å²) in [7, 11) is 4.10. The number of nitrogens with zero attached hydrogens (tertiary/aromatic N) is 1. The first kappa shape index (κ1) is 12.5. The zero-order chi connectivity index (χ0) is 7.11. The van der Waals surface area contributed by atoms with E-state index in [1.807, 2.05) is 0 Å². The Morgan fingerprint density at radius 2 is 1.80 bits per heavy atom. The standard InChI is InChI=1S/C7H17NO.H3N/c1-4-6-9-7-5-8(2)3;/h4-7H2,1-3H3;1H3. The smallest absolute Gasteiger partial charge is 0.0593 e. The normalized spacial score (nSPS) is 9.60. The summed E-state index contributed by atoms with van der Waals surface area (Å²) < 4.78 is 5.25. The lowest BCUT2D eigenvalue weighted by Gasteiger charge is -2.08. The molecule has 0 aromatic heterocycles. The zero-order valence-electron chi connectivity index (χ0n) is 7.39. The van der Waals surface area contributed by atoms with E-state index in [0.29, 0.717) is 0 Å². The Kier molecular flexibility index (Phi) is 11.1. The third-order valence-electron chi connectivity index (χ3n) is 1.03. The van der Waals surface area contributed by atoms with Gasteiger partial charge in [0.05, 0.1) is 6.61 Å². The van der Waals surface area contributed by atoms with Gasteiger partial charge in [-0.1, -0.05) is 6.92 Å². The third kappa shape index (κ3) is 10.8. The van der Waals surface area contributed by atoms with Crippen LogP contribution < -0.4 is 6.15 Å². The van der Waals surface area contributed by atoms with E-state index in [2.05, 4.69) is 25.9 Å². The van der Waals surface area contributed by atoms with Crippen LogP contribution in [0.5, 0.6) is 0 Å². The Hall–Kier alpha value is -0.120. The second-order valence-electron chi connectivity index (χ2n) is 2.42. The first-order valence-electron chi connectivity index (χ1n) is 3.50. The largest absolute Gasteiger partial charge is 0.380 e. The maximum absolute atomic E-state index is 5.25. The second kappa shape index (κ2) is 8.88. The lowest BCUT2D eigenvalue weighted by Crippen LogP contribution is -2.18.